The van der Waals surface area contributed by atoms with Crippen LogP contribution in [-0.4, -0.2) is 23.2 Å². The zero-order chi connectivity index (χ0) is 10.6. The van der Waals surface area contributed by atoms with Gasteiger partial charge in [0.2, 0.25) is 5.88 Å². The van der Waals surface area contributed by atoms with Gasteiger partial charge >= 0.3 is 5.97 Å². The minimum absolute atomic E-state index is 0. The van der Waals surface area contributed by atoms with E-state index in [4.69, 9.17) is 9.84 Å². The smallest absolute Gasteiger partial charge is 0.303 e. The average Bonchev–Trinajstić information content (AvgIpc) is 2.15. The van der Waals surface area contributed by atoms with E-state index in [1.54, 1.807) is 13.3 Å². The fourth-order valence-electron chi connectivity index (χ4n) is 1.22. The molecule has 1 aromatic rings. The third kappa shape index (κ3) is 4.71. The van der Waals surface area contributed by atoms with Gasteiger partial charge in [-0.1, -0.05) is 0 Å². The predicted molar refractivity (Wildman–Crippen MR) is 51.5 cm³/mol. The minimum atomic E-state index is -0.793. The van der Waals surface area contributed by atoms with Crippen LogP contribution in [0.1, 0.15) is 17.5 Å². The second kappa shape index (κ2) is 6.91. The van der Waals surface area contributed by atoms with Gasteiger partial charge in [0.25, 0.3) is 0 Å². The van der Waals surface area contributed by atoms with Crippen molar-refractivity contribution in [3.05, 3.63) is 23.4 Å². The molecular weight excluding hydrogens is 271 g/mol. The maximum atomic E-state index is 10.3. The number of carbonyl (C=O) groups is 1. The number of aliphatic carboxylic acids is 1. The molecule has 1 radical (unpaired) electrons. The maximum Gasteiger partial charge on any atom is 0.303 e. The van der Waals surface area contributed by atoms with Crippen molar-refractivity contribution in [2.24, 2.45) is 0 Å². The molecule has 0 atom stereocenters. The van der Waals surface area contributed by atoms with E-state index in [0.29, 0.717) is 12.3 Å². The van der Waals surface area contributed by atoms with Crippen molar-refractivity contribution < 1.29 is 47.3 Å². The molecule has 0 unspecified atom stereocenters. The summed E-state index contributed by atoms with van der Waals surface area (Å²) in [5.41, 5.74) is 1.85. The van der Waals surface area contributed by atoms with Crippen molar-refractivity contribution in [1.82, 2.24) is 4.98 Å². The Morgan fingerprint density at radius 3 is 2.73 bits per heavy atom. The van der Waals surface area contributed by atoms with Crippen molar-refractivity contribution in [1.29, 1.82) is 0 Å². The van der Waals surface area contributed by atoms with E-state index < -0.39 is 5.97 Å². The van der Waals surface area contributed by atoms with Crippen LogP contribution in [0.2, 0.25) is 0 Å². The zero-order valence-electron chi connectivity index (χ0n) is 8.86. The van der Waals surface area contributed by atoms with Crippen molar-refractivity contribution in [3.63, 3.8) is 0 Å². The molecule has 1 rings (SSSR count). The first kappa shape index (κ1) is 14.5. The summed E-state index contributed by atoms with van der Waals surface area (Å²) in [4.78, 5) is 14.4. The Hall–Kier alpha value is -0.476. The summed E-state index contributed by atoms with van der Waals surface area (Å²) in [6, 6.07) is 1.90. The van der Waals surface area contributed by atoms with Gasteiger partial charge in [0.05, 0.1) is 7.11 Å². The van der Waals surface area contributed by atoms with E-state index in [2.05, 4.69) is 4.98 Å². The van der Waals surface area contributed by atoms with Crippen LogP contribution in [0.3, 0.4) is 0 Å². The maximum absolute atomic E-state index is 10.3. The van der Waals surface area contributed by atoms with Crippen molar-refractivity contribution >= 4 is 5.97 Å². The number of rotatable bonds is 4. The first-order chi connectivity index (χ1) is 6.63. The van der Waals surface area contributed by atoms with E-state index >= 15 is 0 Å². The fraction of sp³-hybridized carbons (Fsp3) is 0.400. The number of aromatic nitrogens is 1. The third-order valence-electron chi connectivity index (χ3n) is 1.91. The molecule has 1 heterocycles. The second-order valence-electron chi connectivity index (χ2n) is 3.06. The molecule has 1 aromatic heterocycles. The number of carboxylic acids is 1. The van der Waals surface area contributed by atoms with Crippen LogP contribution >= 0.6 is 0 Å². The Kier molecular flexibility index (Phi) is 6.69. The fourth-order valence-corrected chi connectivity index (χ4v) is 1.22. The summed E-state index contributed by atoms with van der Waals surface area (Å²) in [7, 11) is 1.56. The van der Waals surface area contributed by atoms with Gasteiger partial charge in [0, 0.05) is 50.9 Å². The van der Waals surface area contributed by atoms with Gasteiger partial charge < -0.3 is 9.84 Å². The number of ether oxygens (including phenoxy) is 1. The molecule has 0 spiro atoms. The van der Waals surface area contributed by atoms with Gasteiger partial charge in [0.15, 0.2) is 0 Å². The van der Waals surface area contributed by atoms with E-state index in [1.807, 2.05) is 13.0 Å². The topological polar surface area (TPSA) is 59.4 Å². The largest absolute Gasteiger partial charge is 0.481 e. The minimum Gasteiger partial charge on any atom is -0.481 e. The molecule has 1 N–H and O–H groups in total. The summed E-state index contributed by atoms with van der Waals surface area (Å²) in [6.45, 7) is 1.89. The number of hydrogen-bond acceptors (Lipinski definition) is 3. The molecule has 0 amide bonds. The number of nitrogens with zero attached hydrogens (tertiary/aromatic N) is 1. The molecular formula is C10H13NO3Y. The molecule has 0 aliphatic heterocycles. The SMILES string of the molecule is COc1ncc(CCC(=O)O)cc1C.[Y]. The van der Waals surface area contributed by atoms with Gasteiger partial charge in [-0.15, -0.1) is 0 Å². The first-order valence-electron chi connectivity index (χ1n) is 4.35. The van der Waals surface area contributed by atoms with Crippen LogP contribution in [0.5, 0.6) is 5.88 Å². The number of pyridine rings is 1. The van der Waals surface area contributed by atoms with Gasteiger partial charge in [0.1, 0.15) is 0 Å². The number of carboxylic acid groups (broad SMARTS) is 1. The van der Waals surface area contributed by atoms with Gasteiger partial charge in [-0.2, -0.15) is 0 Å². The second-order valence-corrected chi connectivity index (χ2v) is 3.06. The van der Waals surface area contributed by atoms with Crippen LogP contribution in [0.15, 0.2) is 12.3 Å². The Balaban J connectivity index is 0.00000196. The molecule has 5 heteroatoms. The molecule has 79 valence electrons. The zero-order valence-corrected chi connectivity index (χ0v) is 11.7. The quantitative estimate of drug-likeness (QED) is 0.908. The van der Waals surface area contributed by atoms with Gasteiger partial charge in [-0.25, -0.2) is 4.98 Å². The summed E-state index contributed by atoms with van der Waals surface area (Å²) in [5, 5.41) is 8.50. The standard InChI is InChI=1S/C10H13NO3.Y/c1-7-5-8(3-4-9(12)13)6-11-10(7)14-2;/h5-6H,3-4H2,1-2H3,(H,12,13);. The molecule has 0 saturated carbocycles. The van der Waals surface area contributed by atoms with Crippen LogP contribution in [0, 0.1) is 6.92 Å². The van der Waals surface area contributed by atoms with Crippen LogP contribution in [-0.2, 0) is 43.9 Å². The van der Waals surface area contributed by atoms with E-state index in [1.165, 1.54) is 0 Å². The van der Waals surface area contributed by atoms with Crippen LogP contribution in [0.4, 0.5) is 0 Å². The third-order valence-corrected chi connectivity index (χ3v) is 1.91. The number of aryl methyl sites for hydroxylation is 2. The summed E-state index contributed by atoms with van der Waals surface area (Å²) in [6.07, 6.45) is 2.29. The molecule has 15 heavy (non-hydrogen) atoms. The van der Waals surface area contributed by atoms with Gasteiger partial charge in [-0.3, -0.25) is 4.79 Å². The van der Waals surface area contributed by atoms with E-state index in [0.717, 1.165) is 11.1 Å². The predicted octanol–water partition coefficient (Wildman–Crippen LogP) is 1.41. The van der Waals surface area contributed by atoms with Crippen LogP contribution in [0.25, 0.3) is 0 Å². The Morgan fingerprint density at radius 2 is 2.27 bits per heavy atom. The molecule has 0 bridgehead atoms. The molecule has 0 aromatic carbocycles. The normalized spacial score (nSPS) is 9.20. The van der Waals surface area contributed by atoms with Crippen molar-refractivity contribution in [2.45, 2.75) is 19.8 Å². The average molecular weight is 284 g/mol. The van der Waals surface area contributed by atoms with Crippen LogP contribution < -0.4 is 4.74 Å². The molecule has 0 fully saturated rings. The molecule has 0 aliphatic rings. The molecule has 4 nitrogen and oxygen atoms in total. The molecule has 0 aliphatic carbocycles. The van der Waals surface area contributed by atoms with Gasteiger partial charge in [-0.05, 0) is 25.0 Å². The monoisotopic (exact) mass is 284 g/mol. The Bertz CT molecular complexity index is 341. The summed E-state index contributed by atoms with van der Waals surface area (Å²) < 4.78 is 5.00. The number of methoxy groups -OCH3 is 1. The van der Waals surface area contributed by atoms with Crippen molar-refractivity contribution in [3.8, 4) is 5.88 Å². The summed E-state index contributed by atoms with van der Waals surface area (Å²) >= 11 is 0. The first-order valence-corrected chi connectivity index (χ1v) is 4.35. The van der Waals surface area contributed by atoms with E-state index in [9.17, 15) is 4.79 Å². The van der Waals surface area contributed by atoms with E-state index in [-0.39, 0.29) is 39.1 Å². The summed E-state index contributed by atoms with van der Waals surface area (Å²) in [5.74, 6) is -0.206. The molecule has 0 saturated heterocycles. The Labute approximate surface area is 114 Å². The number of hydrogen-bond donors (Lipinski definition) is 1. The Morgan fingerprint density at radius 1 is 1.60 bits per heavy atom. The van der Waals surface area contributed by atoms with Crippen molar-refractivity contribution in [2.75, 3.05) is 7.11 Å².